The predicted octanol–water partition coefficient (Wildman–Crippen LogP) is 2.71. The Balaban J connectivity index is 2.28. The molecule has 2 heterocycles. The summed E-state index contributed by atoms with van der Waals surface area (Å²) in [5.41, 5.74) is 4.23. The van der Waals surface area contributed by atoms with E-state index in [-0.39, 0.29) is 5.69 Å². The molecule has 0 radical (unpaired) electrons. The molecule has 0 bridgehead atoms. The van der Waals surface area contributed by atoms with E-state index in [9.17, 15) is 4.79 Å². The number of rotatable bonds is 2. The number of benzene rings is 1. The highest BCUT2D eigenvalue weighted by molar-refractivity contribution is 5.86. The van der Waals surface area contributed by atoms with Gasteiger partial charge in [0.15, 0.2) is 5.69 Å². The Morgan fingerprint density at radius 1 is 1.25 bits per heavy atom. The molecule has 3 rings (SSSR count). The van der Waals surface area contributed by atoms with Crippen LogP contribution in [0.5, 0.6) is 0 Å². The van der Waals surface area contributed by atoms with Gasteiger partial charge in [0, 0.05) is 18.0 Å². The molecule has 100 valence electrons. The van der Waals surface area contributed by atoms with Crippen LogP contribution in [0.1, 0.15) is 21.6 Å². The molecule has 2 aromatic heterocycles. The average molecular weight is 267 g/mol. The molecule has 5 nitrogen and oxygen atoms in total. The van der Waals surface area contributed by atoms with Crippen molar-refractivity contribution in [2.24, 2.45) is 0 Å². The van der Waals surface area contributed by atoms with Gasteiger partial charge in [-0.25, -0.2) is 14.8 Å². The van der Waals surface area contributed by atoms with Crippen LogP contribution in [-0.4, -0.2) is 25.4 Å². The summed E-state index contributed by atoms with van der Waals surface area (Å²) < 4.78 is 1.71. The summed E-state index contributed by atoms with van der Waals surface area (Å²) in [6.45, 7) is 4.07. The Morgan fingerprint density at radius 2 is 2.05 bits per heavy atom. The molecule has 20 heavy (non-hydrogen) atoms. The zero-order valence-corrected chi connectivity index (χ0v) is 11.2. The van der Waals surface area contributed by atoms with Gasteiger partial charge in [-0.3, -0.25) is 4.40 Å². The molecule has 5 heteroatoms. The fourth-order valence-electron chi connectivity index (χ4n) is 2.32. The highest BCUT2D eigenvalue weighted by Gasteiger charge is 2.13. The van der Waals surface area contributed by atoms with Crippen LogP contribution in [0.3, 0.4) is 0 Å². The summed E-state index contributed by atoms with van der Waals surface area (Å²) in [7, 11) is 0. The number of imidazole rings is 1. The quantitative estimate of drug-likeness (QED) is 0.775. The number of carboxylic acid groups (broad SMARTS) is 1. The van der Waals surface area contributed by atoms with Crippen LogP contribution in [0.15, 0.2) is 36.7 Å². The third-order valence-corrected chi connectivity index (χ3v) is 3.25. The minimum absolute atomic E-state index is 0.00489. The lowest BCUT2D eigenvalue weighted by molar-refractivity contribution is 0.0691. The molecule has 0 atom stereocenters. The summed E-state index contributed by atoms with van der Waals surface area (Å²) in [6.07, 6.45) is 3.14. The molecule has 0 spiro atoms. The molecule has 0 unspecified atom stereocenters. The highest BCUT2D eigenvalue weighted by atomic mass is 16.4. The average Bonchev–Trinajstić information content (AvgIpc) is 2.83. The maximum atomic E-state index is 11.0. The minimum Gasteiger partial charge on any atom is -0.476 e. The van der Waals surface area contributed by atoms with Gasteiger partial charge in [0.2, 0.25) is 5.78 Å². The van der Waals surface area contributed by atoms with Crippen LogP contribution in [-0.2, 0) is 0 Å². The Bertz CT molecular complexity index is 821. The number of aromatic nitrogens is 3. The van der Waals surface area contributed by atoms with E-state index in [1.54, 1.807) is 10.6 Å². The number of aromatic carboxylic acids is 1. The van der Waals surface area contributed by atoms with Crippen LogP contribution >= 0.6 is 0 Å². The maximum absolute atomic E-state index is 11.0. The molecular formula is C15H13N3O2. The van der Waals surface area contributed by atoms with Crippen molar-refractivity contribution in [2.45, 2.75) is 13.8 Å². The van der Waals surface area contributed by atoms with Gasteiger partial charge >= 0.3 is 5.97 Å². The fraction of sp³-hybridized carbons (Fsp3) is 0.133. The van der Waals surface area contributed by atoms with Gasteiger partial charge in [-0.2, -0.15) is 0 Å². The normalized spacial score (nSPS) is 10.9. The second-order valence-electron chi connectivity index (χ2n) is 4.75. The minimum atomic E-state index is -1.05. The number of fused-ring (bicyclic) bond motifs is 1. The zero-order chi connectivity index (χ0) is 14.3. The van der Waals surface area contributed by atoms with E-state index >= 15 is 0 Å². The van der Waals surface area contributed by atoms with Gasteiger partial charge in [0.05, 0.1) is 5.69 Å². The lowest BCUT2D eigenvalue weighted by Crippen LogP contribution is -1.95. The van der Waals surface area contributed by atoms with E-state index in [2.05, 4.69) is 16.0 Å². The molecule has 3 aromatic rings. The molecule has 1 aromatic carbocycles. The van der Waals surface area contributed by atoms with Crippen molar-refractivity contribution in [1.82, 2.24) is 14.4 Å². The van der Waals surface area contributed by atoms with Crippen molar-refractivity contribution in [2.75, 3.05) is 0 Å². The summed E-state index contributed by atoms with van der Waals surface area (Å²) in [5.74, 6) is -0.665. The summed E-state index contributed by atoms with van der Waals surface area (Å²) in [5, 5.41) is 9.03. The van der Waals surface area contributed by atoms with Gasteiger partial charge in [0.1, 0.15) is 0 Å². The molecule has 1 N–H and O–H groups in total. The molecular weight excluding hydrogens is 254 g/mol. The summed E-state index contributed by atoms with van der Waals surface area (Å²) >= 11 is 0. The molecule has 0 saturated carbocycles. The monoisotopic (exact) mass is 267 g/mol. The van der Waals surface area contributed by atoms with Gasteiger partial charge < -0.3 is 5.11 Å². The summed E-state index contributed by atoms with van der Waals surface area (Å²) in [6, 6.07) is 8.01. The lowest BCUT2D eigenvalue weighted by Gasteiger charge is -2.09. The number of hydrogen-bond acceptors (Lipinski definition) is 3. The molecule has 0 amide bonds. The van der Waals surface area contributed by atoms with E-state index < -0.39 is 5.97 Å². The van der Waals surface area contributed by atoms with Crippen LogP contribution in [0.25, 0.3) is 17.0 Å². The second kappa shape index (κ2) is 4.45. The van der Waals surface area contributed by atoms with Crippen molar-refractivity contribution in [3.8, 4) is 11.3 Å². The van der Waals surface area contributed by atoms with Gasteiger partial charge in [-0.1, -0.05) is 23.8 Å². The maximum Gasteiger partial charge on any atom is 0.356 e. The number of carbonyl (C=O) groups is 1. The van der Waals surface area contributed by atoms with E-state index in [1.165, 1.54) is 11.8 Å². The first-order valence-corrected chi connectivity index (χ1v) is 6.21. The highest BCUT2D eigenvalue weighted by Crippen LogP contribution is 2.24. The number of hydrogen-bond donors (Lipinski definition) is 1. The first kappa shape index (κ1) is 12.3. The predicted molar refractivity (Wildman–Crippen MR) is 74.9 cm³/mol. The van der Waals surface area contributed by atoms with E-state index in [1.807, 2.05) is 32.0 Å². The topological polar surface area (TPSA) is 67.5 Å². The van der Waals surface area contributed by atoms with Gasteiger partial charge in [-0.05, 0) is 25.5 Å². The van der Waals surface area contributed by atoms with E-state index in [0.717, 1.165) is 16.8 Å². The van der Waals surface area contributed by atoms with Crippen LogP contribution in [0.2, 0.25) is 0 Å². The molecule has 0 aliphatic rings. The number of nitrogens with zero attached hydrogens (tertiary/aromatic N) is 3. The third kappa shape index (κ3) is 1.93. The van der Waals surface area contributed by atoms with E-state index in [0.29, 0.717) is 5.78 Å². The standard InChI is InChI=1S/C15H13N3O2/c1-9-3-4-11(10(2)7-9)13-5-6-16-15-17-12(14(19)20)8-18(13)15/h3-8H,1-2H3,(H,19,20). The number of carboxylic acids is 1. The molecule has 0 aliphatic carbocycles. The van der Waals surface area contributed by atoms with Crippen molar-refractivity contribution >= 4 is 11.7 Å². The molecule has 0 fully saturated rings. The van der Waals surface area contributed by atoms with E-state index in [4.69, 9.17) is 5.11 Å². The fourth-order valence-corrected chi connectivity index (χ4v) is 2.32. The first-order chi connectivity index (χ1) is 9.56. The second-order valence-corrected chi connectivity index (χ2v) is 4.75. The first-order valence-electron chi connectivity index (χ1n) is 6.21. The Kier molecular flexibility index (Phi) is 2.75. The van der Waals surface area contributed by atoms with Crippen molar-refractivity contribution in [3.63, 3.8) is 0 Å². The smallest absolute Gasteiger partial charge is 0.356 e. The largest absolute Gasteiger partial charge is 0.476 e. The lowest BCUT2D eigenvalue weighted by atomic mass is 10.0. The van der Waals surface area contributed by atoms with Gasteiger partial charge in [0.25, 0.3) is 0 Å². The Labute approximate surface area is 115 Å². The zero-order valence-electron chi connectivity index (χ0n) is 11.2. The Hall–Kier alpha value is -2.69. The summed E-state index contributed by atoms with van der Waals surface area (Å²) in [4.78, 5) is 19.1. The van der Waals surface area contributed by atoms with Crippen molar-refractivity contribution in [3.05, 3.63) is 53.5 Å². The van der Waals surface area contributed by atoms with Crippen molar-refractivity contribution in [1.29, 1.82) is 0 Å². The van der Waals surface area contributed by atoms with Crippen LogP contribution < -0.4 is 0 Å². The molecule has 0 aliphatic heterocycles. The SMILES string of the molecule is Cc1ccc(-c2ccnc3nc(C(=O)O)cn23)c(C)c1. The molecule has 0 saturated heterocycles. The Morgan fingerprint density at radius 3 is 2.75 bits per heavy atom. The van der Waals surface area contributed by atoms with Crippen molar-refractivity contribution < 1.29 is 9.90 Å². The number of aryl methyl sites for hydroxylation is 2. The third-order valence-electron chi connectivity index (χ3n) is 3.25. The van der Waals surface area contributed by atoms with Crippen LogP contribution in [0.4, 0.5) is 0 Å². The van der Waals surface area contributed by atoms with Gasteiger partial charge in [-0.15, -0.1) is 0 Å². The van der Waals surface area contributed by atoms with Crippen LogP contribution in [0, 0.1) is 13.8 Å².